The lowest BCUT2D eigenvalue weighted by molar-refractivity contribution is 0.646. The van der Waals surface area contributed by atoms with Crippen LogP contribution in [0.5, 0.6) is 0 Å². The average Bonchev–Trinajstić information content (AvgIpc) is 2.59. The van der Waals surface area contributed by atoms with E-state index >= 15 is 0 Å². The largest absolute Gasteiger partial charge is 0.245 e. The Bertz CT molecular complexity index is 478. The van der Waals surface area contributed by atoms with Gasteiger partial charge in [-0.3, -0.25) is 0 Å². The summed E-state index contributed by atoms with van der Waals surface area (Å²) in [6.45, 7) is 2.80. The van der Waals surface area contributed by atoms with Crippen LogP contribution < -0.4 is 0 Å². The minimum absolute atomic E-state index is 0.621. The second-order valence-corrected chi connectivity index (χ2v) is 2.72. The Labute approximate surface area is 75.4 Å². The molecule has 2 rings (SSSR count). The van der Waals surface area contributed by atoms with E-state index < -0.39 is 0 Å². The second-order valence-electron chi connectivity index (χ2n) is 2.72. The number of benzene rings is 1. The van der Waals surface area contributed by atoms with Crippen molar-refractivity contribution >= 4 is 11.0 Å². The Morgan fingerprint density at radius 2 is 2.38 bits per heavy atom. The number of aryl methyl sites for hydroxylation is 1. The van der Waals surface area contributed by atoms with E-state index in [9.17, 15) is 0 Å². The van der Waals surface area contributed by atoms with Gasteiger partial charge in [0.15, 0.2) is 0 Å². The van der Waals surface area contributed by atoms with Crippen LogP contribution in [0.1, 0.15) is 12.5 Å². The molecule has 2 aromatic rings. The Morgan fingerprint density at radius 3 is 3.08 bits per heavy atom. The van der Waals surface area contributed by atoms with Crippen molar-refractivity contribution in [3.63, 3.8) is 0 Å². The van der Waals surface area contributed by atoms with Crippen LogP contribution in [0.2, 0.25) is 0 Å². The van der Waals surface area contributed by atoms with Gasteiger partial charge in [0.2, 0.25) is 0 Å². The topological polar surface area (TPSA) is 54.5 Å². The fraction of sp³-hybridized carbons (Fsp3) is 0.222. The summed E-state index contributed by atoms with van der Waals surface area (Å²) in [6, 6.07) is 7.46. The number of hydrogen-bond acceptors (Lipinski definition) is 3. The average molecular weight is 172 g/mol. The number of aromatic nitrogens is 3. The molecule has 1 heterocycles. The van der Waals surface area contributed by atoms with Gasteiger partial charge in [-0.2, -0.15) is 5.26 Å². The molecule has 1 aromatic carbocycles. The summed E-state index contributed by atoms with van der Waals surface area (Å²) in [5.74, 6) is 0. The first kappa shape index (κ1) is 7.74. The monoisotopic (exact) mass is 172 g/mol. The van der Waals surface area contributed by atoms with E-state index in [1.807, 2.05) is 13.0 Å². The van der Waals surface area contributed by atoms with Crippen LogP contribution >= 0.6 is 0 Å². The Hall–Kier alpha value is -1.89. The maximum Gasteiger partial charge on any atom is 0.114 e. The summed E-state index contributed by atoms with van der Waals surface area (Å²) in [5, 5.41) is 16.6. The smallest absolute Gasteiger partial charge is 0.114 e. The van der Waals surface area contributed by atoms with Crippen molar-refractivity contribution in [2.75, 3.05) is 0 Å². The molecule has 0 aliphatic rings. The maximum absolute atomic E-state index is 8.66. The van der Waals surface area contributed by atoms with Crippen LogP contribution in [0.15, 0.2) is 18.2 Å². The zero-order valence-electron chi connectivity index (χ0n) is 7.23. The maximum atomic E-state index is 8.66. The highest BCUT2D eigenvalue weighted by Crippen LogP contribution is 2.12. The molecule has 0 aliphatic carbocycles. The molecule has 0 bridgehead atoms. The lowest BCUT2D eigenvalue weighted by atomic mass is 10.2. The van der Waals surface area contributed by atoms with Gasteiger partial charge >= 0.3 is 0 Å². The minimum atomic E-state index is 0.621. The highest BCUT2D eigenvalue weighted by Gasteiger charge is 2.02. The molecule has 1 aromatic heterocycles. The first-order valence-electron chi connectivity index (χ1n) is 4.08. The Balaban J connectivity index is 2.70. The van der Waals surface area contributed by atoms with Crippen molar-refractivity contribution in [2.45, 2.75) is 13.5 Å². The van der Waals surface area contributed by atoms with Gasteiger partial charge in [-0.1, -0.05) is 5.21 Å². The van der Waals surface area contributed by atoms with Crippen molar-refractivity contribution in [1.29, 1.82) is 5.26 Å². The molecule has 64 valence electrons. The van der Waals surface area contributed by atoms with Crippen molar-refractivity contribution < 1.29 is 0 Å². The van der Waals surface area contributed by atoms with Crippen LogP contribution in [0.4, 0.5) is 0 Å². The van der Waals surface area contributed by atoms with Gasteiger partial charge in [0.05, 0.1) is 17.1 Å². The normalized spacial score (nSPS) is 10.2. The predicted octanol–water partition coefficient (Wildman–Crippen LogP) is 1.32. The first-order chi connectivity index (χ1) is 6.35. The summed E-state index contributed by atoms with van der Waals surface area (Å²) in [7, 11) is 0. The van der Waals surface area contributed by atoms with E-state index in [4.69, 9.17) is 5.26 Å². The van der Waals surface area contributed by atoms with Gasteiger partial charge in [-0.25, -0.2) is 4.68 Å². The molecule has 0 radical (unpaired) electrons. The van der Waals surface area contributed by atoms with E-state index in [2.05, 4.69) is 16.4 Å². The van der Waals surface area contributed by atoms with Gasteiger partial charge in [0, 0.05) is 6.54 Å². The van der Waals surface area contributed by atoms with Gasteiger partial charge < -0.3 is 0 Å². The molecule has 0 saturated carbocycles. The van der Waals surface area contributed by atoms with Crippen LogP contribution in [-0.2, 0) is 6.54 Å². The van der Waals surface area contributed by atoms with Gasteiger partial charge in [0.1, 0.15) is 5.52 Å². The lowest BCUT2D eigenvalue weighted by Gasteiger charge is -1.94. The fourth-order valence-corrected chi connectivity index (χ4v) is 1.28. The van der Waals surface area contributed by atoms with Crippen LogP contribution in [-0.4, -0.2) is 15.0 Å². The minimum Gasteiger partial charge on any atom is -0.245 e. The highest BCUT2D eigenvalue weighted by molar-refractivity contribution is 5.75. The molecule has 0 fully saturated rings. The molecule has 0 N–H and O–H groups in total. The number of rotatable bonds is 1. The van der Waals surface area contributed by atoms with Gasteiger partial charge in [0.25, 0.3) is 0 Å². The van der Waals surface area contributed by atoms with E-state index in [1.54, 1.807) is 16.8 Å². The number of fused-ring (bicyclic) bond motifs is 1. The summed E-state index contributed by atoms with van der Waals surface area (Å²) in [6.07, 6.45) is 0. The lowest BCUT2D eigenvalue weighted by Crippen LogP contribution is -1.95. The molecule has 0 spiro atoms. The quantitative estimate of drug-likeness (QED) is 0.651. The number of nitriles is 1. The SMILES string of the molecule is CCn1nnc2cc(C#N)ccc21. The fourth-order valence-electron chi connectivity index (χ4n) is 1.28. The third-order valence-electron chi connectivity index (χ3n) is 1.94. The van der Waals surface area contributed by atoms with E-state index in [0.717, 1.165) is 17.6 Å². The molecule has 4 heteroatoms. The zero-order valence-corrected chi connectivity index (χ0v) is 7.23. The third-order valence-corrected chi connectivity index (χ3v) is 1.94. The van der Waals surface area contributed by atoms with Crippen molar-refractivity contribution in [1.82, 2.24) is 15.0 Å². The Kier molecular flexibility index (Phi) is 1.71. The molecular weight excluding hydrogens is 164 g/mol. The van der Waals surface area contributed by atoms with E-state index in [0.29, 0.717) is 5.56 Å². The molecule has 0 aliphatic heterocycles. The molecule has 4 nitrogen and oxygen atoms in total. The first-order valence-corrected chi connectivity index (χ1v) is 4.08. The Morgan fingerprint density at radius 1 is 1.54 bits per heavy atom. The summed E-state index contributed by atoms with van der Waals surface area (Å²) < 4.78 is 1.80. The highest BCUT2D eigenvalue weighted by atomic mass is 15.4. The van der Waals surface area contributed by atoms with Crippen LogP contribution in [0.25, 0.3) is 11.0 Å². The van der Waals surface area contributed by atoms with Crippen molar-refractivity contribution in [3.8, 4) is 6.07 Å². The molecule has 0 atom stereocenters. The molecular formula is C9H8N4. The predicted molar refractivity (Wildman–Crippen MR) is 47.9 cm³/mol. The molecule has 0 saturated heterocycles. The van der Waals surface area contributed by atoms with Crippen LogP contribution in [0, 0.1) is 11.3 Å². The third kappa shape index (κ3) is 1.14. The molecule has 0 amide bonds. The van der Waals surface area contributed by atoms with Crippen molar-refractivity contribution in [3.05, 3.63) is 23.8 Å². The van der Waals surface area contributed by atoms with E-state index in [1.165, 1.54) is 0 Å². The zero-order chi connectivity index (χ0) is 9.26. The van der Waals surface area contributed by atoms with Gasteiger partial charge in [-0.15, -0.1) is 5.10 Å². The standard InChI is InChI=1S/C9H8N4/c1-2-13-9-4-3-7(6-10)5-8(9)11-12-13/h3-5H,2H2,1H3. The number of nitrogens with zero attached hydrogens (tertiary/aromatic N) is 4. The summed E-state index contributed by atoms with van der Waals surface area (Å²) >= 11 is 0. The van der Waals surface area contributed by atoms with E-state index in [-0.39, 0.29) is 0 Å². The molecule has 13 heavy (non-hydrogen) atoms. The van der Waals surface area contributed by atoms with Crippen molar-refractivity contribution in [2.24, 2.45) is 0 Å². The second kappa shape index (κ2) is 2.87. The molecule has 0 unspecified atom stereocenters. The summed E-state index contributed by atoms with van der Waals surface area (Å²) in [5.41, 5.74) is 2.37. The van der Waals surface area contributed by atoms with Crippen LogP contribution in [0.3, 0.4) is 0 Å². The summed E-state index contributed by atoms with van der Waals surface area (Å²) in [4.78, 5) is 0. The number of hydrogen-bond donors (Lipinski definition) is 0. The van der Waals surface area contributed by atoms with Gasteiger partial charge in [-0.05, 0) is 25.1 Å².